The van der Waals surface area contributed by atoms with Crippen LogP contribution in [0.5, 0.6) is 0 Å². The number of carboxylic acids is 1. The molecule has 2 amide bonds. The number of benzene rings is 1. The first-order valence-corrected chi connectivity index (χ1v) is 15.4. The molecule has 1 aliphatic carbocycles. The summed E-state index contributed by atoms with van der Waals surface area (Å²) in [5.41, 5.74) is -3.30. The van der Waals surface area contributed by atoms with Crippen LogP contribution in [0.1, 0.15) is 76.3 Å². The van der Waals surface area contributed by atoms with Gasteiger partial charge in [0, 0.05) is 34.8 Å². The minimum Gasteiger partial charge on any atom is -0.478 e. The van der Waals surface area contributed by atoms with Crippen molar-refractivity contribution in [1.29, 1.82) is 0 Å². The van der Waals surface area contributed by atoms with Crippen LogP contribution in [0.3, 0.4) is 0 Å². The van der Waals surface area contributed by atoms with E-state index < -0.39 is 46.3 Å². The van der Waals surface area contributed by atoms with Crippen molar-refractivity contribution in [1.82, 2.24) is 15.6 Å². The number of hydrogen-bond acceptors (Lipinski definition) is 6. The van der Waals surface area contributed by atoms with E-state index in [4.69, 9.17) is 27.9 Å². The van der Waals surface area contributed by atoms with Crippen molar-refractivity contribution >= 4 is 46.7 Å². The van der Waals surface area contributed by atoms with Gasteiger partial charge in [-0.05, 0) is 72.8 Å². The summed E-state index contributed by atoms with van der Waals surface area (Å²) < 4.78 is 21.8. The Hall–Kier alpha value is -2.79. The van der Waals surface area contributed by atoms with Gasteiger partial charge in [-0.1, -0.05) is 50.0 Å². The van der Waals surface area contributed by atoms with Crippen molar-refractivity contribution in [3.05, 3.63) is 57.6 Å². The van der Waals surface area contributed by atoms with Crippen LogP contribution in [0.4, 0.5) is 10.1 Å². The highest BCUT2D eigenvalue weighted by molar-refractivity contribution is 6.31. The van der Waals surface area contributed by atoms with Crippen molar-refractivity contribution in [2.75, 3.05) is 11.9 Å². The van der Waals surface area contributed by atoms with E-state index in [-0.39, 0.29) is 41.0 Å². The van der Waals surface area contributed by atoms with Crippen LogP contribution in [-0.2, 0) is 24.5 Å². The molecule has 1 aromatic heterocycles. The number of nitrogens with zero attached hydrogens (tertiary/aromatic N) is 1. The molecule has 4 N–H and O–H groups in total. The molecule has 3 aliphatic heterocycles. The Kier molecular flexibility index (Phi) is 7.31. The highest BCUT2D eigenvalue weighted by atomic mass is 35.5. The van der Waals surface area contributed by atoms with Crippen molar-refractivity contribution in [2.24, 2.45) is 11.3 Å². The molecular formula is C31H35Cl2FN4O5. The van der Waals surface area contributed by atoms with Gasteiger partial charge >= 0.3 is 5.97 Å². The highest BCUT2D eigenvalue weighted by Crippen LogP contribution is 2.64. The van der Waals surface area contributed by atoms with E-state index in [1.54, 1.807) is 18.2 Å². The molecule has 43 heavy (non-hydrogen) atoms. The Morgan fingerprint density at radius 3 is 2.51 bits per heavy atom. The number of anilines is 1. The second-order valence-electron chi connectivity index (χ2n) is 13.4. The molecule has 2 aromatic rings. The zero-order chi connectivity index (χ0) is 30.9. The molecule has 9 nitrogen and oxygen atoms in total. The standard InChI is InChI=1S/C31H35Cl2FN4O5/c1-16-6-8-30(27(41)42,43-15-16)38-25(39)23-21(18-7-13-35-24(33)22(18)34)31(29(37-23)11-9-28(2,3)10-12-29)19-5-4-17(32)14-20(19)36-26(31)40/h4-5,7,13-14,16,21,23,37H,6,8-12,15H2,1-3H3,(H,36,40)(H,38,39)(H,41,42)/t16?,21-,23+,30?,31+/m0/s1. The molecule has 4 aliphatic rings. The normalized spacial score (nSPS) is 32.4. The van der Waals surface area contributed by atoms with Crippen LogP contribution >= 0.6 is 23.2 Å². The summed E-state index contributed by atoms with van der Waals surface area (Å²) in [5.74, 6) is -4.25. The molecule has 0 radical (unpaired) electrons. The molecule has 0 bridgehead atoms. The van der Waals surface area contributed by atoms with Crippen LogP contribution in [0.15, 0.2) is 30.5 Å². The summed E-state index contributed by atoms with van der Waals surface area (Å²) >= 11 is 12.5. The van der Waals surface area contributed by atoms with E-state index in [1.165, 1.54) is 12.3 Å². The molecule has 2 unspecified atom stereocenters. The predicted octanol–water partition coefficient (Wildman–Crippen LogP) is 5.16. The van der Waals surface area contributed by atoms with Gasteiger partial charge in [-0.25, -0.2) is 14.2 Å². The lowest BCUT2D eigenvalue weighted by atomic mass is 9.53. The summed E-state index contributed by atoms with van der Waals surface area (Å²) in [6.45, 7) is 6.42. The second kappa shape index (κ2) is 10.4. The lowest BCUT2D eigenvalue weighted by molar-refractivity contribution is -0.185. The fourth-order valence-corrected chi connectivity index (χ4v) is 8.15. The van der Waals surface area contributed by atoms with Crippen molar-refractivity contribution < 1.29 is 28.6 Å². The highest BCUT2D eigenvalue weighted by Gasteiger charge is 2.73. The third kappa shape index (κ3) is 4.55. The number of hydrogen-bond donors (Lipinski definition) is 4. The number of rotatable bonds is 4. The Morgan fingerprint density at radius 2 is 1.86 bits per heavy atom. The van der Waals surface area contributed by atoms with Gasteiger partial charge in [0.15, 0.2) is 11.0 Å². The third-order valence-electron chi connectivity index (χ3n) is 10.2. The van der Waals surface area contributed by atoms with Gasteiger partial charge < -0.3 is 20.5 Å². The Labute approximate surface area is 259 Å². The fourth-order valence-electron chi connectivity index (χ4n) is 7.81. The predicted molar refractivity (Wildman–Crippen MR) is 158 cm³/mol. The van der Waals surface area contributed by atoms with E-state index in [9.17, 15) is 19.5 Å². The molecule has 2 spiro atoms. The van der Waals surface area contributed by atoms with Gasteiger partial charge in [-0.3, -0.25) is 14.9 Å². The molecular weight excluding hydrogens is 598 g/mol. The Morgan fingerprint density at radius 1 is 1.14 bits per heavy atom. The SMILES string of the molecule is CC1CCC(NC(=O)[C@@H]2NC3(CCC(C)(C)CC3)[C@@]3(C(=O)Nc4cc(Cl)ccc43)[C@H]2c2ccnc(Cl)c2F)(C(=O)O)OC1. The number of aliphatic carboxylic acids is 1. The minimum absolute atomic E-state index is 0.0207. The van der Waals surface area contributed by atoms with E-state index in [2.05, 4.69) is 34.8 Å². The number of amides is 2. The molecule has 6 rings (SSSR count). The number of fused-ring (bicyclic) bond motifs is 3. The van der Waals surface area contributed by atoms with E-state index in [1.807, 2.05) is 6.92 Å². The van der Waals surface area contributed by atoms with Crippen molar-refractivity contribution in [2.45, 2.75) is 87.9 Å². The number of carbonyl (C=O) groups is 3. The molecule has 230 valence electrons. The van der Waals surface area contributed by atoms with E-state index in [0.29, 0.717) is 35.5 Å². The molecule has 4 heterocycles. The summed E-state index contributed by atoms with van der Waals surface area (Å²) in [7, 11) is 0. The lowest BCUT2D eigenvalue weighted by Gasteiger charge is -2.50. The zero-order valence-corrected chi connectivity index (χ0v) is 25.7. The van der Waals surface area contributed by atoms with Crippen molar-refractivity contribution in [3.63, 3.8) is 0 Å². The average Bonchev–Trinajstić information content (AvgIpc) is 3.41. The van der Waals surface area contributed by atoms with Gasteiger partial charge in [-0.15, -0.1) is 0 Å². The molecule has 5 atom stereocenters. The molecule has 3 fully saturated rings. The van der Waals surface area contributed by atoms with Crippen molar-refractivity contribution in [3.8, 4) is 0 Å². The lowest BCUT2D eigenvalue weighted by Crippen LogP contribution is -2.63. The van der Waals surface area contributed by atoms with E-state index in [0.717, 1.165) is 12.8 Å². The summed E-state index contributed by atoms with van der Waals surface area (Å²) in [4.78, 5) is 45.3. The topological polar surface area (TPSA) is 130 Å². The Balaban J connectivity index is 1.56. The first-order chi connectivity index (χ1) is 20.3. The van der Waals surface area contributed by atoms with Gasteiger partial charge in [-0.2, -0.15) is 0 Å². The first kappa shape index (κ1) is 30.2. The monoisotopic (exact) mass is 632 g/mol. The van der Waals surface area contributed by atoms with Crippen LogP contribution in [0.25, 0.3) is 0 Å². The number of aromatic nitrogens is 1. The number of carboxylic acid groups (broad SMARTS) is 1. The largest absolute Gasteiger partial charge is 0.478 e. The second-order valence-corrected chi connectivity index (χ2v) is 14.2. The average molecular weight is 634 g/mol. The third-order valence-corrected chi connectivity index (χ3v) is 10.7. The van der Waals surface area contributed by atoms with Gasteiger partial charge in [0.1, 0.15) is 5.41 Å². The number of nitrogens with one attached hydrogen (secondary N) is 3. The summed E-state index contributed by atoms with van der Waals surface area (Å²) in [5, 5.41) is 19.4. The smallest absolute Gasteiger partial charge is 0.357 e. The quantitative estimate of drug-likeness (QED) is 0.343. The minimum atomic E-state index is -1.95. The molecule has 12 heteroatoms. The number of ether oxygens (including phenoxy) is 1. The molecule has 1 saturated carbocycles. The first-order valence-electron chi connectivity index (χ1n) is 14.6. The number of halogens is 3. The molecule has 1 aromatic carbocycles. The van der Waals surface area contributed by atoms with Crippen LogP contribution < -0.4 is 16.0 Å². The van der Waals surface area contributed by atoms with Gasteiger partial charge in [0.05, 0.1) is 12.6 Å². The summed E-state index contributed by atoms with van der Waals surface area (Å²) in [6, 6.07) is 5.31. The van der Waals surface area contributed by atoms with Gasteiger partial charge in [0.2, 0.25) is 17.5 Å². The molecule has 2 saturated heterocycles. The van der Waals surface area contributed by atoms with Crippen LogP contribution in [0, 0.1) is 17.2 Å². The maximum atomic E-state index is 16.1. The van der Waals surface area contributed by atoms with Gasteiger partial charge in [0.25, 0.3) is 0 Å². The fraction of sp³-hybridized carbons (Fsp3) is 0.548. The van der Waals surface area contributed by atoms with E-state index >= 15 is 4.39 Å². The maximum absolute atomic E-state index is 16.1. The van der Waals surface area contributed by atoms with Crippen LogP contribution in [0.2, 0.25) is 10.2 Å². The number of carbonyl (C=O) groups excluding carboxylic acids is 2. The number of pyridine rings is 1. The van der Waals surface area contributed by atoms with Crippen LogP contribution in [-0.4, -0.2) is 51.8 Å². The maximum Gasteiger partial charge on any atom is 0.357 e. The zero-order valence-electron chi connectivity index (χ0n) is 24.2. The summed E-state index contributed by atoms with van der Waals surface area (Å²) in [6.07, 6.45) is 4.43. The Bertz CT molecular complexity index is 1500.